The third-order valence-electron chi connectivity index (χ3n) is 2.01. The Kier molecular flexibility index (Phi) is 3.32. The van der Waals surface area contributed by atoms with Crippen LogP contribution >= 0.6 is 0 Å². The summed E-state index contributed by atoms with van der Waals surface area (Å²) in [6.45, 7) is 3.27. The van der Waals surface area contributed by atoms with Gasteiger partial charge in [-0.2, -0.15) is 0 Å². The number of hydrogen-bond acceptors (Lipinski definition) is 1. The largest absolute Gasteiger partial charge is 0.292 e. The molecular formula is C9H15N. The monoisotopic (exact) mass is 137 g/mol. The van der Waals surface area contributed by atoms with Crippen molar-refractivity contribution >= 4 is 0 Å². The number of nitrogens with zero attached hydrogens (tertiary/aromatic N) is 1. The summed E-state index contributed by atoms with van der Waals surface area (Å²) >= 11 is 0. The Morgan fingerprint density at radius 1 is 1.10 bits per heavy atom. The van der Waals surface area contributed by atoms with Crippen LogP contribution in [0.4, 0.5) is 0 Å². The number of rotatable bonds is 1. The molecule has 1 aliphatic rings. The van der Waals surface area contributed by atoms with E-state index in [9.17, 15) is 0 Å². The average Bonchev–Trinajstić information content (AvgIpc) is 2.17. The second-order valence-electron chi connectivity index (χ2n) is 2.89. The SMILES string of the molecule is C#CCN1CCCCCC1. The molecule has 1 fully saturated rings. The molecule has 0 aromatic carbocycles. The van der Waals surface area contributed by atoms with Gasteiger partial charge < -0.3 is 0 Å². The Labute approximate surface area is 63.4 Å². The van der Waals surface area contributed by atoms with Gasteiger partial charge in [-0.15, -0.1) is 6.42 Å². The lowest BCUT2D eigenvalue weighted by molar-refractivity contribution is 0.320. The third kappa shape index (κ3) is 2.41. The molecule has 1 saturated heterocycles. The second kappa shape index (κ2) is 4.35. The van der Waals surface area contributed by atoms with Crippen molar-refractivity contribution in [3.8, 4) is 12.3 Å². The zero-order chi connectivity index (χ0) is 7.23. The minimum atomic E-state index is 0.847. The van der Waals surface area contributed by atoms with E-state index in [-0.39, 0.29) is 0 Å². The average molecular weight is 137 g/mol. The summed E-state index contributed by atoms with van der Waals surface area (Å²) in [7, 11) is 0. The Balaban J connectivity index is 2.23. The molecule has 1 rings (SSSR count). The van der Waals surface area contributed by atoms with Gasteiger partial charge in [-0.25, -0.2) is 0 Å². The first-order valence-corrected chi connectivity index (χ1v) is 4.09. The van der Waals surface area contributed by atoms with E-state index in [1.165, 1.54) is 38.8 Å². The molecule has 0 aromatic rings. The highest BCUT2D eigenvalue weighted by molar-refractivity contribution is 4.88. The van der Waals surface area contributed by atoms with Crippen molar-refractivity contribution in [2.75, 3.05) is 19.6 Å². The molecule has 0 N–H and O–H groups in total. The Morgan fingerprint density at radius 2 is 1.70 bits per heavy atom. The minimum Gasteiger partial charge on any atom is -0.292 e. The van der Waals surface area contributed by atoms with Crippen LogP contribution in [0.5, 0.6) is 0 Å². The lowest BCUT2D eigenvalue weighted by Gasteiger charge is -2.15. The molecule has 0 bridgehead atoms. The van der Waals surface area contributed by atoms with Crippen LogP contribution in [0.15, 0.2) is 0 Å². The molecule has 0 atom stereocenters. The smallest absolute Gasteiger partial charge is 0.0598 e. The van der Waals surface area contributed by atoms with E-state index in [2.05, 4.69) is 10.8 Å². The van der Waals surface area contributed by atoms with E-state index in [0.717, 1.165) is 6.54 Å². The van der Waals surface area contributed by atoms with Crippen LogP contribution in [-0.4, -0.2) is 24.5 Å². The van der Waals surface area contributed by atoms with Crippen molar-refractivity contribution in [2.45, 2.75) is 25.7 Å². The van der Waals surface area contributed by atoms with Gasteiger partial charge in [0.05, 0.1) is 6.54 Å². The van der Waals surface area contributed by atoms with Gasteiger partial charge in [0.15, 0.2) is 0 Å². The summed E-state index contributed by atoms with van der Waals surface area (Å²) in [6.07, 6.45) is 10.7. The van der Waals surface area contributed by atoms with Crippen LogP contribution in [0, 0.1) is 12.3 Å². The molecule has 56 valence electrons. The van der Waals surface area contributed by atoms with Crippen LogP contribution in [0.2, 0.25) is 0 Å². The molecule has 0 saturated carbocycles. The first kappa shape index (κ1) is 7.63. The quantitative estimate of drug-likeness (QED) is 0.495. The summed E-state index contributed by atoms with van der Waals surface area (Å²) < 4.78 is 0. The van der Waals surface area contributed by atoms with Crippen LogP contribution < -0.4 is 0 Å². The topological polar surface area (TPSA) is 3.24 Å². The van der Waals surface area contributed by atoms with Gasteiger partial charge in [0.1, 0.15) is 0 Å². The normalized spacial score (nSPS) is 21.5. The van der Waals surface area contributed by atoms with Crippen molar-refractivity contribution in [3.63, 3.8) is 0 Å². The van der Waals surface area contributed by atoms with Crippen molar-refractivity contribution in [1.29, 1.82) is 0 Å². The number of hydrogen-bond donors (Lipinski definition) is 0. The zero-order valence-corrected chi connectivity index (χ0v) is 6.47. The van der Waals surface area contributed by atoms with E-state index < -0.39 is 0 Å². The van der Waals surface area contributed by atoms with Crippen molar-refractivity contribution in [1.82, 2.24) is 4.90 Å². The first-order chi connectivity index (χ1) is 4.93. The van der Waals surface area contributed by atoms with Gasteiger partial charge in [0.25, 0.3) is 0 Å². The molecule has 0 aliphatic carbocycles. The number of likely N-dealkylation sites (tertiary alicyclic amines) is 1. The van der Waals surface area contributed by atoms with Gasteiger partial charge in [-0.05, 0) is 25.9 Å². The second-order valence-corrected chi connectivity index (χ2v) is 2.89. The molecule has 0 radical (unpaired) electrons. The van der Waals surface area contributed by atoms with Gasteiger partial charge >= 0.3 is 0 Å². The molecular weight excluding hydrogens is 122 g/mol. The van der Waals surface area contributed by atoms with Crippen molar-refractivity contribution in [3.05, 3.63) is 0 Å². The minimum absolute atomic E-state index is 0.847. The zero-order valence-electron chi connectivity index (χ0n) is 6.47. The summed E-state index contributed by atoms with van der Waals surface area (Å²) in [5.41, 5.74) is 0. The highest BCUT2D eigenvalue weighted by Crippen LogP contribution is 2.08. The maximum Gasteiger partial charge on any atom is 0.0598 e. The highest BCUT2D eigenvalue weighted by atomic mass is 15.1. The van der Waals surface area contributed by atoms with Crippen LogP contribution in [0.25, 0.3) is 0 Å². The molecule has 0 amide bonds. The molecule has 1 nitrogen and oxygen atoms in total. The molecule has 0 unspecified atom stereocenters. The van der Waals surface area contributed by atoms with Gasteiger partial charge in [0.2, 0.25) is 0 Å². The van der Waals surface area contributed by atoms with E-state index in [1.807, 2.05) is 0 Å². The highest BCUT2D eigenvalue weighted by Gasteiger charge is 2.05. The Morgan fingerprint density at radius 3 is 2.20 bits per heavy atom. The third-order valence-corrected chi connectivity index (χ3v) is 2.01. The van der Waals surface area contributed by atoms with Crippen LogP contribution in [-0.2, 0) is 0 Å². The van der Waals surface area contributed by atoms with E-state index in [4.69, 9.17) is 6.42 Å². The van der Waals surface area contributed by atoms with Crippen molar-refractivity contribution < 1.29 is 0 Å². The van der Waals surface area contributed by atoms with Crippen LogP contribution in [0.3, 0.4) is 0 Å². The molecule has 1 aliphatic heterocycles. The summed E-state index contributed by atoms with van der Waals surface area (Å²) in [5, 5.41) is 0. The molecule has 1 heteroatoms. The Hall–Kier alpha value is -0.480. The van der Waals surface area contributed by atoms with Gasteiger partial charge in [0, 0.05) is 0 Å². The summed E-state index contributed by atoms with van der Waals surface area (Å²) in [5.74, 6) is 2.69. The number of terminal acetylenes is 1. The fourth-order valence-electron chi connectivity index (χ4n) is 1.42. The first-order valence-electron chi connectivity index (χ1n) is 4.09. The molecule has 10 heavy (non-hydrogen) atoms. The lowest BCUT2D eigenvalue weighted by Crippen LogP contribution is -2.24. The molecule has 0 spiro atoms. The lowest BCUT2D eigenvalue weighted by atomic mass is 10.2. The Bertz CT molecular complexity index is 115. The summed E-state index contributed by atoms with van der Waals surface area (Å²) in [4.78, 5) is 2.37. The molecule has 0 aromatic heterocycles. The fraction of sp³-hybridized carbons (Fsp3) is 0.778. The molecule has 1 heterocycles. The standard InChI is InChI=1S/C9H15N/c1-2-7-10-8-5-3-4-6-9-10/h1H,3-9H2. The maximum absolute atomic E-state index is 5.22. The van der Waals surface area contributed by atoms with E-state index in [0.29, 0.717) is 0 Å². The summed E-state index contributed by atoms with van der Waals surface area (Å²) in [6, 6.07) is 0. The predicted molar refractivity (Wildman–Crippen MR) is 43.7 cm³/mol. The van der Waals surface area contributed by atoms with Gasteiger partial charge in [-0.3, -0.25) is 4.90 Å². The fourth-order valence-corrected chi connectivity index (χ4v) is 1.42. The predicted octanol–water partition coefficient (Wildman–Crippen LogP) is 1.50. The van der Waals surface area contributed by atoms with Gasteiger partial charge in [-0.1, -0.05) is 18.8 Å². The van der Waals surface area contributed by atoms with E-state index in [1.54, 1.807) is 0 Å². The maximum atomic E-state index is 5.22. The van der Waals surface area contributed by atoms with E-state index >= 15 is 0 Å². The van der Waals surface area contributed by atoms with Crippen LogP contribution in [0.1, 0.15) is 25.7 Å². The van der Waals surface area contributed by atoms with Crippen molar-refractivity contribution in [2.24, 2.45) is 0 Å².